The minimum absolute atomic E-state index is 0.0161. The standard InChI is InChI=1S/C13H19NO4S2/c1-9-7-11(13(15)16)8-12(10(9)2)20(17,18)14-5-4-6-19-3/h7-8,14H,4-6H2,1-3H3,(H,15,16). The number of aromatic carboxylic acids is 1. The molecule has 5 nitrogen and oxygen atoms in total. The SMILES string of the molecule is CSCCCNS(=O)(=O)c1cc(C(=O)O)cc(C)c1C. The van der Waals surface area contributed by atoms with Crippen LogP contribution in [0.2, 0.25) is 0 Å². The van der Waals surface area contributed by atoms with E-state index in [0.717, 1.165) is 12.2 Å². The van der Waals surface area contributed by atoms with Gasteiger partial charge < -0.3 is 5.11 Å². The van der Waals surface area contributed by atoms with Gasteiger partial charge in [0.25, 0.3) is 0 Å². The topological polar surface area (TPSA) is 83.5 Å². The van der Waals surface area contributed by atoms with Crippen LogP contribution in [0.25, 0.3) is 0 Å². The number of hydrogen-bond acceptors (Lipinski definition) is 4. The summed E-state index contributed by atoms with van der Waals surface area (Å²) in [5, 5.41) is 9.02. The van der Waals surface area contributed by atoms with Crippen molar-refractivity contribution in [3.8, 4) is 0 Å². The molecule has 0 aliphatic carbocycles. The number of sulfonamides is 1. The zero-order valence-electron chi connectivity index (χ0n) is 11.8. The van der Waals surface area contributed by atoms with Crippen molar-refractivity contribution in [1.29, 1.82) is 0 Å². The molecule has 7 heteroatoms. The number of carbonyl (C=O) groups is 1. The lowest BCUT2D eigenvalue weighted by atomic mass is 10.1. The third-order valence-electron chi connectivity index (χ3n) is 2.97. The molecule has 0 spiro atoms. The molecule has 0 amide bonds. The molecule has 0 saturated carbocycles. The second kappa shape index (κ2) is 7.10. The van der Waals surface area contributed by atoms with Gasteiger partial charge in [-0.2, -0.15) is 11.8 Å². The predicted molar refractivity (Wildman–Crippen MR) is 81.1 cm³/mol. The van der Waals surface area contributed by atoms with E-state index >= 15 is 0 Å². The maximum Gasteiger partial charge on any atom is 0.335 e. The van der Waals surface area contributed by atoms with Crippen LogP contribution in [0.4, 0.5) is 0 Å². The number of thioether (sulfide) groups is 1. The van der Waals surface area contributed by atoms with E-state index in [9.17, 15) is 13.2 Å². The maximum absolute atomic E-state index is 12.2. The molecule has 1 aromatic carbocycles. The van der Waals surface area contributed by atoms with Crippen LogP contribution in [-0.2, 0) is 10.0 Å². The third-order valence-corrected chi connectivity index (χ3v) is 5.26. The van der Waals surface area contributed by atoms with E-state index in [1.165, 1.54) is 12.1 Å². The van der Waals surface area contributed by atoms with Crippen LogP contribution in [0.3, 0.4) is 0 Å². The van der Waals surface area contributed by atoms with E-state index in [1.807, 2.05) is 6.26 Å². The summed E-state index contributed by atoms with van der Waals surface area (Å²) in [7, 11) is -3.67. The van der Waals surface area contributed by atoms with Crippen molar-refractivity contribution in [3.05, 3.63) is 28.8 Å². The van der Waals surface area contributed by atoms with Crippen LogP contribution in [0.5, 0.6) is 0 Å². The summed E-state index contributed by atoms with van der Waals surface area (Å²) in [6.45, 7) is 3.73. The van der Waals surface area contributed by atoms with E-state index < -0.39 is 16.0 Å². The van der Waals surface area contributed by atoms with Gasteiger partial charge in [0.1, 0.15) is 0 Å². The van der Waals surface area contributed by atoms with E-state index in [0.29, 0.717) is 17.7 Å². The van der Waals surface area contributed by atoms with Gasteiger partial charge in [-0.15, -0.1) is 0 Å². The first-order chi connectivity index (χ1) is 9.29. The van der Waals surface area contributed by atoms with E-state index in [1.54, 1.807) is 25.6 Å². The number of hydrogen-bond donors (Lipinski definition) is 2. The van der Waals surface area contributed by atoms with Gasteiger partial charge in [-0.1, -0.05) is 0 Å². The summed E-state index contributed by atoms with van der Waals surface area (Å²) < 4.78 is 27.0. The second-order valence-corrected chi connectivity index (χ2v) is 7.19. The zero-order valence-corrected chi connectivity index (χ0v) is 13.4. The van der Waals surface area contributed by atoms with E-state index in [-0.39, 0.29) is 10.5 Å². The zero-order chi connectivity index (χ0) is 15.3. The van der Waals surface area contributed by atoms with Crippen molar-refractivity contribution in [2.45, 2.75) is 25.2 Å². The lowest BCUT2D eigenvalue weighted by Gasteiger charge is -2.12. The fourth-order valence-electron chi connectivity index (χ4n) is 1.73. The molecule has 0 fully saturated rings. The fraction of sp³-hybridized carbons (Fsp3) is 0.462. The summed E-state index contributed by atoms with van der Waals surface area (Å²) in [4.78, 5) is 11.1. The number of rotatable bonds is 7. The van der Waals surface area contributed by atoms with Crippen LogP contribution < -0.4 is 4.72 Å². The van der Waals surface area contributed by atoms with Gasteiger partial charge in [-0.05, 0) is 55.5 Å². The second-order valence-electron chi connectivity index (χ2n) is 4.47. The highest BCUT2D eigenvalue weighted by molar-refractivity contribution is 7.98. The Bertz CT molecular complexity index is 597. The van der Waals surface area contributed by atoms with E-state index in [4.69, 9.17) is 5.11 Å². The van der Waals surface area contributed by atoms with Crippen LogP contribution in [0, 0.1) is 13.8 Å². The normalized spacial score (nSPS) is 11.6. The fourth-order valence-corrected chi connectivity index (χ4v) is 3.58. The van der Waals surface area contributed by atoms with Crippen molar-refractivity contribution in [3.63, 3.8) is 0 Å². The molecule has 0 atom stereocenters. The van der Waals surface area contributed by atoms with Crippen molar-refractivity contribution >= 4 is 27.8 Å². The summed E-state index contributed by atoms with van der Waals surface area (Å²) in [6, 6.07) is 2.69. The van der Waals surface area contributed by atoms with Crippen LogP contribution in [-0.4, -0.2) is 38.0 Å². The number of carboxylic acids is 1. The lowest BCUT2D eigenvalue weighted by molar-refractivity contribution is 0.0696. The molecule has 1 rings (SSSR count). The van der Waals surface area contributed by atoms with Gasteiger partial charge in [0, 0.05) is 6.54 Å². The molecule has 0 aliphatic heterocycles. The highest BCUT2D eigenvalue weighted by atomic mass is 32.2. The van der Waals surface area contributed by atoms with E-state index in [2.05, 4.69) is 4.72 Å². The van der Waals surface area contributed by atoms with Crippen LogP contribution in [0.15, 0.2) is 17.0 Å². The largest absolute Gasteiger partial charge is 0.478 e. The minimum Gasteiger partial charge on any atom is -0.478 e. The first kappa shape index (κ1) is 17.0. The number of nitrogens with one attached hydrogen (secondary N) is 1. The van der Waals surface area contributed by atoms with Gasteiger partial charge >= 0.3 is 5.97 Å². The summed E-state index contributed by atoms with van der Waals surface area (Å²) in [5.41, 5.74) is 1.21. The first-order valence-corrected chi connectivity index (χ1v) is 9.00. The molecule has 0 bridgehead atoms. The van der Waals surface area contributed by atoms with Gasteiger partial charge in [-0.3, -0.25) is 0 Å². The van der Waals surface area contributed by atoms with Crippen LogP contribution >= 0.6 is 11.8 Å². The Hall–Kier alpha value is -1.05. The Morgan fingerprint density at radius 2 is 2.00 bits per heavy atom. The molecule has 1 aromatic rings. The Morgan fingerprint density at radius 3 is 2.55 bits per heavy atom. The molecule has 20 heavy (non-hydrogen) atoms. The molecular weight excluding hydrogens is 298 g/mol. The monoisotopic (exact) mass is 317 g/mol. The number of benzene rings is 1. The molecular formula is C13H19NO4S2. The first-order valence-electron chi connectivity index (χ1n) is 6.12. The Balaban J connectivity index is 3.07. The van der Waals surface area contributed by atoms with Crippen LogP contribution in [0.1, 0.15) is 27.9 Å². The van der Waals surface area contributed by atoms with Gasteiger partial charge in [0.2, 0.25) is 10.0 Å². The Kier molecular flexibility index (Phi) is 6.04. The number of carboxylic acid groups (broad SMARTS) is 1. The van der Waals surface area contributed by atoms with Crippen molar-refractivity contribution < 1.29 is 18.3 Å². The predicted octanol–water partition coefficient (Wildman–Crippen LogP) is 2.03. The Morgan fingerprint density at radius 1 is 1.35 bits per heavy atom. The molecule has 0 heterocycles. The Labute approximate surface area is 123 Å². The van der Waals surface area contributed by atoms with Crippen molar-refractivity contribution in [2.24, 2.45) is 0 Å². The van der Waals surface area contributed by atoms with Gasteiger partial charge in [0.15, 0.2) is 0 Å². The molecule has 2 N–H and O–H groups in total. The summed E-state index contributed by atoms with van der Waals surface area (Å²) >= 11 is 1.65. The maximum atomic E-state index is 12.2. The number of aryl methyl sites for hydroxylation is 1. The lowest BCUT2D eigenvalue weighted by Crippen LogP contribution is -2.26. The average Bonchev–Trinajstić information content (AvgIpc) is 2.37. The average molecular weight is 317 g/mol. The van der Waals surface area contributed by atoms with Crippen molar-refractivity contribution in [2.75, 3.05) is 18.6 Å². The minimum atomic E-state index is -3.67. The van der Waals surface area contributed by atoms with Gasteiger partial charge in [0.05, 0.1) is 10.5 Å². The highest BCUT2D eigenvalue weighted by Crippen LogP contribution is 2.21. The molecule has 112 valence electrons. The third kappa shape index (κ3) is 4.22. The summed E-state index contributed by atoms with van der Waals surface area (Å²) in [5.74, 6) is -0.262. The molecule has 0 unspecified atom stereocenters. The van der Waals surface area contributed by atoms with Crippen molar-refractivity contribution in [1.82, 2.24) is 4.72 Å². The van der Waals surface area contributed by atoms with Gasteiger partial charge in [-0.25, -0.2) is 17.9 Å². The molecule has 0 aromatic heterocycles. The highest BCUT2D eigenvalue weighted by Gasteiger charge is 2.20. The molecule has 0 radical (unpaired) electrons. The quantitative estimate of drug-likeness (QED) is 0.752. The smallest absolute Gasteiger partial charge is 0.335 e. The summed E-state index contributed by atoms with van der Waals surface area (Å²) in [6.07, 6.45) is 2.69. The molecule has 0 aliphatic rings. The molecule has 0 saturated heterocycles.